The van der Waals surface area contributed by atoms with E-state index in [1.54, 1.807) is 17.9 Å². The summed E-state index contributed by atoms with van der Waals surface area (Å²) in [4.78, 5) is 16.5. The van der Waals surface area contributed by atoms with E-state index in [9.17, 15) is 14.3 Å². The second-order valence-electron chi connectivity index (χ2n) is 8.44. The van der Waals surface area contributed by atoms with Gasteiger partial charge in [-0.25, -0.2) is 14.2 Å². The quantitative estimate of drug-likeness (QED) is 0.241. The number of nitrogens with zero attached hydrogens (tertiary/aromatic N) is 6. The molecular weight excluding hydrogens is 531 g/mol. The molecule has 0 aliphatic rings. The molecule has 3 aromatic heterocycles. The number of benzene rings is 1. The Bertz CT molecular complexity index is 1500. The number of anilines is 4. The second-order valence-corrected chi connectivity index (χ2v) is 8.82. The van der Waals surface area contributed by atoms with Crippen LogP contribution in [0.15, 0.2) is 42.6 Å². The molecule has 1 amide bonds. The summed E-state index contributed by atoms with van der Waals surface area (Å²) in [5.74, 6) is 0.212. The maximum Gasteiger partial charge on any atom is 0.412 e. The van der Waals surface area contributed by atoms with Gasteiger partial charge in [-0.1, -0.05) is 11.6 Å². The van der Waals surface area contributed by atoms with E-state index in [2.05, 4.69) is 25.6 Å². The zero-order valence-corrected chi connectivity index (χ0v) is 22.1. The van der Waals surface area contributed by atoms with Crippen molar-refractivity contribution in [2.24, 2.45) is 7.05 Å². The van der Waals surface area contributed by atoms with Crippen LogP contribution in [0.3, 0.4) is 0 Å². The number of ether oxygens (including phenoxy) is 2. The van der Waals surface area contributed by atoms with E-state index < -0.39 is 11.9 Å². The lowest BCUT2D eigenvalue weighted by atomic mass is 10.0. The van der Waals surface area contributed by atoms with Gasteiger partial charge in [0.05, 0.1) is 37.4 Å². The first-order valence-electron chi connectivity index (χ1n) is 11.6. The normalized spacial score (nSPS) is 10.9. The minimum atomic E-state index is -1.23. The molecule has 4 aromatic rings. The SMILES string of the molecule is COc1c(Nc2cc(Cl)nnc2N(C)C(=O)O)cc(CCOCc2nc(N)ccc2F)cc1-c1ccn(C)n1. The number of carboxylic acid groups (broad SMARTS) is 1. The number of nitrogen functional groups attached to an aromatic ring is 1. The molecule has 0 aliphatic carbocycles. The van der Waals surface area contributed by atoms with Crippen LogP contribution < -0.4 is 20.7 Å². The standard InChI is InChI=1S/C25H26ClFN8O4/c1-34-8-6-17(33-34)15-10-14(7-9-39-13-20-16(27)4-5-22(28)30-20)11-18(23(15)38-3)29-19-12-21(26)31-32-24(19)35(2)25(36)37/h4-6,8,10-12H,7,9,13H2,1-3H3,(H2,28,30)(H,29,31)(H,36,37). The Balaban J connectivity index is 1.67. The van der Waals surface area contributed by atoms with Crippen molar-refractivity contribution >= 4 is 40.7 Å². The van der Waals surface area contributed by atoms with Gasteiger partial charge in [-0.05, 0) is 42.3 Å². The van der Waals surface area contributed by atoms with Crippen molar-refractivity contribution in [3.63, 3.8) is 0 Å². The Morgan fingerprint density at radius 3 is 2.72 bits per heavy atom. The summed E-state index contributed by atoms with van der Waals surface area (Å²) in [5.41, 5.74) is 8.74. The lowest BCUT2D eigenvalue weighted by Gasteiger charge is -2.20. The predicted molar refractivity (Wildman–Crippen MR) is 144 cm³/mol. The van der Waals surface area contributed by atoms with Crippen LogP contribution in [-0.4, -0.2) is 56.9 Å². The van der Waals surface area contributed by atoms with E-state index in [-0.39, 0.29) is 35.7 Å². The zero-order chi connectivity index (χ0) is 28.1. The molecule has 39 heavy (non-hydrogen) atoms. The van der Waals surface area contributed by atoms with Crippen molar-refractivity contribution in [3.05, 3.63) is 64.8 Å². The fourth-order valence-corrected chi connectivity index (χ4v) is 3.94. The number of methoxy groups -OCH3 is 1. The third kappa shape index (κ3) is 6.51. The van der Waals surface area contributed by atoms with Crippen molar-refractivity contribution in [2.45, 2.75) is 13.0 Å². The molecule has 1 aromatic carbocycles. The average Bonchev–Trinajstić information content (AvgIpc) is 3.34. The summed E-state index contributed by atoms with van der Waals surface area (Å²) in [6.07, 6.45) is 1.02. The van der Waals surface area contributed by atoms with E-state index in [1.807, 2.05) is 18.2 Å². The largest absolute Gasteiger partial charge is 0.494 e. The Labute approximate surface area is 228 Å². The Hall–Kier alpha value is -4.49. The summed E-state index contributed by atoms with van der Waals surface area (Å²) in [5, 5.41) is 25.0. The molecule has 12 nitrogen and oxygen atoms in total. The molecule has 0 saturated heterocycles. The van der Waals surface area contributed by atoms with Gasteiger partial charge < -0.3 is 25.6 Å². The van der Waals surface area contributed by atoms with E-state index in [1.165, 1.54) is 32.4 Å². The zero-order valence-electron chi connectivity index (χ0n) is 21.4. The minimum Gasteiger partial charge on any atom is -0.494 e. The van der Waals surface area contributed by atoms with Crippen LogP contribution in [-0.2, 0) is 24.8 Å². The van der Waals surface area contributed by atoms with Gasteiger partial charge in [0.15, 0.2) is 16.7 Å². The fraction of sp³-hybridized carbons (Fsp3) is 0.240. The maximum absolute atomic E-state index is 14.0. The van der Waals surface area contributed by atoms with Crippen molar-refractivity contribution < 1.29 is 23.8 Å². The van der Waals surface area contributed by atoms with E-state index in [0.29, 0.717) is 34.8 Å². The van der Waals surface area contributed by atoms with E-state index in [0.717, 1.165) is 10.5 Å². The van der Waals surface area contributed by atoms with Crippen LogP contribution in [0.2, 0.25) is 5.15 Å². The highest BCUT2D eigenvalue weighted by Crippen LogP contribution is 2.40. The third-order valence-corrected chi connectivity index (χ3v) is 5.86. The first-order chi connectivity index (χ1) is 18.7. The molecule has 0 radical (unpaired) electrons. The Kier molecular flexibility index (Phi) is 8.42. The van der Waals surface area contributed by atoms with Crippen LogP contribution in [0.1, 0.15) is 11.3 Å². The molecule has 0 spiro atoms. The average molecular weight is 557 g/mol. The molecule has 204 valence electrons. The molecule has 14 heteroatoms. The van der Waals surface area contributed by atoms with Crippen molar-refractivity contribution in [2.75, 3.05) is 36.7 Å². The van der Waals surface area contributed by atoms with Crippen LogP contribution in [0, 0.1) is 5.82 Å². The smallest absolute Gasteiger partial charge is 0.412 e. The van der Waals surface area contributed by atoms with Crippen LogP contribution in [0.4, 0.5) is 32.2 Å². The highest BCUT2D eigenvalue weighted by molar-refractivity contribution is 6.29. The van der Waals surface area contributed by atoms with Gasteiger partial charge >= 0.3 is 6.09 Å². The van der Waals surface area contributed by atoms with Crippen molar-refractivity contribution in [3.8, 4) is 17.0 Å². The Morgan fingerprint density at radius 2 is 2.03 bits per heavy atom. The number of aryl methyl sites for hydroxylation is 1. The van der Waals surface area contributed by atoms with Crippen molar-refractivity contribution in [1.29, 1.82) is 0 Å². The number of amides is 1. The number of hydrogen-bond acceptors (Lipinski definition) is 9. The van der Waals surface area contributed by atoms with E-state index >= 15 is 0 Å². The summed E-state index contributed by atoms with van der Waals surface area (Å²) < 4.78 is 27.1. The highest BCUT2D eigenvalue weighted by Gasteiger charge is 2.21. The number of pyridine rings is 1. The molecule has 4 rings (SSSR count). The van der Waals surface area contributed by atoms with E-state index in [4.69, 9.17) is 26.8 Å². The minimum absolute atomic E-state index is 0.0405. The lowest BCUT2D eigenvalue weighted by Crippen LogP contribution is -2.26. The molecule has 0 saturated carbocycles. The number of nitrogens with two attached hydrogens (primary N) is 1. The molecule has 0 aliphatic heterocycles. The van der Waals surface area contributed by atoms with Crippen LogP contribution in [0.5, 0.6) is 5.75 Å². The first kappa shape index (κ1) is 27.5. The molecule has 4 N–H and O–H groups in total. The monoisotopic (exact) mass is 556 g/mol. The molecule has 0 fully saturated rings. The van der Waals surface area contributed by atoms with Gasteiger partial charge in [-0.2, -0.15) is 5.10 Å². The first-order valence-corrected chi connectivity index (χ1v) is 12.0. The molecule has 0 unspecified atom stereocenters. The molecule has 0 atom stereocenters. The summed E-state index contributed by atoms with van der Waals surface area (Å²) >= 11 is 6.08. The number of hydrogen-bond donors (Lipinski definition) is 3. The van der Waals surface area contributed by atoms with Crippen molar-refractivity contribution in [1.82, 2.24) is 25.0 Å². The highest BCUT2D eigenvalue weighted by atomic mass is 35.5. The number of halogens is 2. The van der Waals surface area contributed by atoms with Gasteiger partial charge in [0.2, 0.25) is 0 Å². The molecular formula is C25H26ClFN8O4. The van der Waals surface area contributed by atoms with Crippen LogP contribution in [0.25, 0.3) is 11.3 Å². The summed E-state index contributed by atoms with van der Waals surface area (Å²) in [7, 11) is 4.66. The number of carbonyl (C=O) groups is 1. The summed E-state index contributed by atoms with van der Waals surface area (Å²) in [6, 6.07) is 9.67. The van der Waals surface area contributed by atoms with Gasteiger partial charge in [0.1, 0.15) is 17.3 Å². The maximum atomic E-state index is 14.0. The van der Waals surface area contributed by atoms with Gasteiger partial charge in [0.25, 0.3) is 0 Å². The van der Waals surface area contributed by atoms with Crippen LogP contribution >= 0.6 is 11.6 Å². The van der Waals surface area contributed by atoms with Gasteiger partial charge in [-0.15, -0.1) is 10.2 Å². The fourth-order valence-electron chi connectivity index (χ4n) is 3.79. The predicted octanol–water partition coefficient (Wildman–Crippen LogP) is 4.27. The number of rotatable bonds is 10. The Morgan fingerprint density at radius 1 is 1.23 bits per heavy atom. The molecule has 0 bridgehead atoms. The third-order valence-electron chi connectivity index (χ3n) is 5.67. The number of nitrogens with one attached hydrogen (secondary N) is 1. The lowest BCUT2D eigenvalue weighted by molar-refractivity contribution is 0.118. The van der Waals surface area contributed by atoms with Gasteiger partial charge in [0, 0.05) is 31.9 Å². The van der Waals surface area contributed by atoms with Gasteiger partial charge in [-0.3, -0.25) is 9.58 Å². The number of aromatic nitrogens is 5. The second kappa shape index (κ2) is 11.9. The topological polar surface area (TPSA) is 154 Å². The molecule has 3 heterocycles. The summed E-state index contributed by atoms with van der Waals surface area (Å²) in [6.45, 7) is 0.205.